The van der Waals surface area contributed by atoms with Crippen molar-refractivity contribution >= 4 is 12.1 Å². The topological polar surface area (TPSA) is 122 Å². The Morgan fingerprint density at radius 3 is 2.25 bits per heavy atom. The minimum Gasteiger partial charge on any atom is -0.508 e. The molecule has 0 heterocycles. The maximum atomic E-state index is 11.9. The number of carbonyl (C=O) groups is 2. The molecular weight excluding hydrogens is 312 g/mol. The van der Waals surface area contributed by atoms with Crippen LogP contribution in [0.1, 0.15) is 11.1 Å². The van der Waals surface area contributed by atoms with Gasteiger partial charge in [0.05, 0.1) is 0 Å². The number of phenols is 1. The molecule has 0 saturated carbocycles. The van der Waals surface area contributed by atoms with Gasteiger partial charge in [-0.25, -0.2) is 9.59 Å². The van der Waals surface area contributed by atoms with Crippen LogP contribution in [0.15, 0.2) is 54.6 Å². The number of carboxylic acid groups (broad SMARTS) is 1. The quantitative estimate of drug-likeness (QED) is 0.597. The van der Waals surface area contributed by atoms with Crippen LogP contribution in [0.25, 0.3) is 0 Å². The molecule has 126 valence electrons. The van der Waals surface area contributed by atoms with Crippen LogP contribution in [0.3, 0.4) is 0 Å². The van der Waals surface area contributed by atoms with E-state index in [-0.39, 0.29) is 18.8 Å². The molecule has 24 heavy (non-hydrogen) atoms. The third-order valence-electron chi connectivity index (χ3n) is 3.34. The van der Waals surface area contributed by atoms with Gasteiger partial charge in [-0.3, -0.25) is 11.1 Å². The van der Waals surface area contributed by atoms with Crippen molar-refractivity contribution in [2.45, 2.75) is 18.7 Å². The zero-order valence-electron chi connectivity index (χ0n) is 12.8. The second kappa shape index (κ2) is 7.47. The number of carboxylic acids is 1. The number of amides is 1. The number of hydrogen-bond acceptors (Lipinski definition) is 5. The first-order valence-corrected chi connectivity index (χ1v) is 7.18. The summed E-state index contributed by atoms with van der Waals surface area (Å²) in [7, 11) is 0. The van der Waals surface area contributed by atoms with E-state index in [1.807, 2.05) is 6.07 Å². The SMILES string of the molecule is N[C@](Cc1ccc(O)cc1)(NC(=O)OCc1ccccc1)C(=O)O. The monoisotopic (exact) mass is 330 g/mol. The van der Waals surface area contributed by atoms with Gasteiger partial charge < -0.3 is 14.9 Å². The molecule has 0 aliphatic rings. The highest BCUT2D eigenvalue weighted by molar-refractivity contribution is 5.84. The normalized spacial score (nSPS) is 12.9. The predicted molar refractivity (Wildman–Crippen MR) is 86.1 cm³/mol. The predicted octanol–water partition coefficient (Wildman–Crippen LogP) is 1.60. The second-order valence-electron chi connectivity index (χ2n) is 5.31. The van der Waals surface area contributed by atoms with Crippen molar-refractivity contribution in [3.05, 3.63) is 65.7 Å². The van der Waals surface area contributed by atoms with Crippen molar-refractivity contribution in [2.24, 2.45) is 5.73 Å². The van der Waals surface area contributed by atoms with Crippen molar-refractivity contribution in [3.63, 3.8) is 0 Å². The first-order chi connectivity index (χ1) is 11.4. The summed E-state index contributed by atoms with van der Waals surface area (Å²) in [6.07, 6.45) is -1.09. The average molecular weight is 330 g/mol. The number of benzene rings is 2. The van der Waals surface area contributed by atoms with Gasteiger partial charge in [0, 0.05) is 6.42 Å². The van der Waals surface area contributed by atoms with E-state index in [1.165, 1.54) is 24.3 Å². The third-order valence-corrected chi connectivity index (χ3v) is 3.34. The molecule has 0 unspecified atom stereocenters. The van der Waals surface area contributed by atoms with Crippen molar-refractivity contribution in [3.8, 4) is 5.75 Å². The zero-order valence-corrected chi connectivity index (χ0v) is 12.8. The van der Waals surface area contributed by atoms with Crippen LogP contribution in [0.4, 0.5) is 4.79 Å². The molecule has 0 aromatic heterocycles. The highest BCUT2D eigenvalue weighted by Gasteiger charge is 2.36. The van der Waals surface area contributed by atoms with Gasteiger partial charge in [-0.2, -0.15) is 0 Å². The fourth-order valence-corrected chi connectivity index (χ4v) is 2.05. The molecule has 0 bridgehead atoms. The second-order valence-corrected chi connectivity index (χ2v) is 5.31. The van der Waals surface area contributed by atoms with E-state index in [2.05, 4.69) is 5.32 Å². The van der Waals surface area contributed by atoms with Gasteiger partial charge in [0.2, 0.25) is 0 Å². The maximum Gasteiger partial charge on any atom is 0.409 e. The number of ether oxygens (including phenoxy) is 1. The van der Waals surface area contributed by atoms with Crippen molar-refractivity contribution < 1.29 is 24.5 Å². The van der Waals surface area contributed by atoms with Gasteiger partial charge in [-0.05, 0) is 23.3 Å². The standard InChI is InChI=1S/C17H18N2O5/c18-17(15(21)22,10-12-6-8-14(20)9-7-12)19-16(23)24-11-13-4-2-1-3-5-13/h1-9,20H,10-11,18H2,(H,19,23)(H,21,22)/t17-/m1/s1. The van der Waals surface area contributed by atoms with Crippen LogP contribution in [0.2, 0.25) is 0 Å². The number of nitrogens with one attached hydrogen (secondary N) is 1. The fraction of sp³-hybridized carbons (Fsp3) is 0.176. The zero-order chi connectivity index (χ0) is 17.6. The summed E-state index contributed by atoms with van der Waals surface area (Å²) in [5.74, 6) is -1.35. The number of nitrogens with two attached hydrogens (primary N) is 1. The largest absolute Gasteiger partial charge is 0.508 e. The minimum absolute atomic E-state index is 0.00157. The first kappa shape index (κ1) is 17.3. The van der Waals surface area contributed by atoms with Crippen molar-refractivity contribution in [2.75, 3.05) is 0 Å². The molecule has 0 radical (unpaired) electrons. The molecule has 7 heteroatoms. The van der Waals surface area contributed by atoms with E-state index in [0.717, 1.165) is 5.56 Å². The van der Waals surface area contributed by atoms with E-state index < -0.39 is 17.7 Å². The molecule has 2 rings (SSSR count). The molecule has 2 aromatic carbocycles. The van der Waals surface area contributed by atoms with Crippen LogP contribution in [0, 0.1) is 0 Å². The van der Waals surface area contributed by atoms with Gasteiger partial charge in [0.15, 0.2) is 5.66 Å². The molecule has 5 N–H and O–H groups in total. The lowest BCUT2D eigenvalue weighted by molar-refractivity contribution is -0.144. The molecule has 1 atom stereocenters. The van der Waals surface area contributed by atoms with Crippen LogP contribution < -0.4 is 11.1 Å². The number of rotatable bonds is 6. The van der Waals surface area contributed by atoms with Gasteiger partial charge >= 0.3 is 12.1 Å². The van der Waals surface area contributed by atoms with Crippen molar-refractivity contribution in [1.29, 1.82) is 0 Å². The summed E-state index contributed by atoms with van der Waals surface area (Å²) >= 11 is 0. The fourth-order valence-electron chi connectivity index (χ4n) is 2.05. The molecular formula is C17H18N2O5. The van der Waals surface area contributed by atoms with Crippen LogP contribution in [0.5, 0.6) is 5.75 Å². The van der Waals surface area contributed by atoms with Gasteiger partial charge in [0.25, 0.3) is 0 Å². The van der Waals surface area contributed by atoms with Gasteiger partial charge in [-0.1, -0.05) is 42.5 Å². The lowest BCUT2D eigenvalue weighted by atomic mass is 10.0. The summed E-state index contributed by atoms with van der Waals surface area (Å²) in [5.41, 5.74) is 5.09. The molecule has 0 saturated heterocycles. The molecule has 1 amide bonds. The lowest BCUT2D eigenvalue weighted by Gasteiger charge is -2.25. The number of aromatic hydroxyl groups is 1. The molecule has 0 aliphatic carbocycles. The Bertz CT molecular complexity index is 703. The number of phenolic OH excluding ortho intramolecular Hbond substituents is 1. The van der Waals surface area contributed by atoms with Crippen molar-refractivity contribution in [1.82, 2.24) is 5.32 Å². The molecule has 2 aromatic rings. The van der Waals surface area contributed by atoms with E-state index in [9.17, 15) is 19.8 Å². The minimum atomic E-state index is -2.02. The number of aliphatic carboxylic acids is 1. The molecule has 0 spiro atoms. The van der Waals surface area contributed by atoms with E-state index in [4.69, 9.17) is 10.5 Å². The lowest BCUT2D eigenvalue weighted by Crippen LogP contribution is -2.63. The molecule has 0 fully saturated rings. The van der Waals surface area contributed by atoms with E-state index in [1.54, 1.807) is 24.3 Å². The smallest absolute Gasteiger partial charge is 0.409 e. The average Bonchev–Trinajstić information content (AvgIpc) is 2.56. The molecule has 7 nitrogen and oxygen atoms in total. The Labute approximate surface area is 138 Å². The number of hydrogen-bond donors (Lipinski definition) is 4. The summed E-state index contributed by atoms with van der Waals surface area (Å²) in [5, 5.41) is 20.8. The van der Waals surface area contributed by atoms with Gasteiger partial charge in [0.1, 0.15) is 12.4 Å². The number of carbonyl (C=O) groups excluding carboxylic acids is 1. The highest BCUT2D eigenvalue weighted by Crippen LogP contribution is 2.14. The Hall–Kier alpha value is -3.06. The summed E-state index contributed by atoms with van der Waals surface area (Å²) in [4.78, 5) is 23.3. The Balaban J connectivity index is 1.99. The summed E-state index contributed by atoms with van der Waals surface area (Å²) in [6.45, 7) is 0.00157. The molecule has 0 aliphatic heterocycles. The van der Waals surface area contributed by atoms with E-state index in [0.29, 0.717) is 5.56 Å². The summed E-state index contributed by atoms with van der Waals surface area (Å²) < 4.78 is 5.00. The van der Waals surface area contributed by atoms with Crippen LogP contribution in [-0.4, -0.2) is 27.9 Å². The Kier molecular flexibility index (Phi) is 5.39. The Morgan fingerprint density at radius 2 is 1.67 bits per heavy atom. The van der Waals surface area contributed by atoms with Crippen LogP contribution in [-0.2, 0) is 22.6 Å². The van der Waals surface area contributed by atoms with Gasteiger partial charge in [-0.15, -0.1) is 0 Å². The van der Waals surface area contributed by atoms with E-state index >= 15 is 0 Å². The highest BCUT2D eigenvalue weighted by atomic mass is 16.5. The summed E-state index contributed by atoms with van der Waals surface area (Å²) in [6, 6.07) is 14.8. The first-order valence-electron chi connectivity index (χ1n) is 7.18. The van der Waals surface area contributed by atoms with Crippen LogP contribution >= 0.6 is 0 Å². The number of alkyl carbamates (subject to hydrolysis) is 1. The third kappa shape index (κ3) is 4.72. The Morgan fingerprint density at radius 1 is 1.04 bits per heavy atom. The maximum absolute atomic E-state index is 11.9.